The van der Waals surface area contributed by atoms with Gasteiger partial charge >= 0.3 is 0 Å². The Labute approximate surface area is 137 Å². The van der Waals surface area contributed by atoms with Gasteiger partial charge < -0.3 is 0 Å². The van der Waals surface area contributed by atoms with Gasteiger partial charge in [0.25, 0.3) is 0 Å². The molecule has 3 atom stereocenters. The fourth-order valence-electron chi connectivity index (χ4n) is 2.24. The first-order valence-electron chi connectivity index (χ1n) is 7.23. The van der Waals surface area contributed by atoms with E-state index in [2.05, 4.69) is 0 Å². The molecule has 2 aromatic rings. The van der Waals surface area contributed by atoms with Crippen molar-refractivity contribution < 1.29 is 9.36 Å². The number of alkyl halides is 1. The first-order valence-corrected chi connectivity index (χ1v) is 8.99. The van der Waals surface area contributed by atoms with Crippen LogP contribution in [0.3, 0.4) is 0 Å². The van der Waals surface area contributed by atoms with Crippen LogP contribution in [0.2, 0.25) is 0 Å². The molecule has 1 radical (unpaired) electrons. The SMILES string of the molecule is Cc1ccccc1C(=O)c1ccccc1[P](=O)C(C)C(C)Cl. The lowest BCUT2D eigenvalue weighted by Crippen LogP contribution is -2.20. The van der Waals surface area contributed by atoms with Gasteiger partial charge in [-0.2, -0.15) is 0 Å². The molecule has 4 heteroatoms. The van der Waals surface area contributed by atoms with Crippen LogP contribution >= 0.6 is 19.4 Å². The number of hydrogen-bond acceptors (Lipinski definition) is 2. The Balaban J connectivity index is 2.47. The van der Waals surface area contributed by atoms with Gasteiger partial charge in [-0.3, -0.25) is 9.36 Å². The summed E-state index contributed by atoms with van der Waals surface area (Å²) in [6.45, 7) is 5.58. The zero-order valence-corrected chi connectivity index (χ0v) is 14.6. The summed E-state index contributed by atoms with van der Waals surface area (Å²) in [5.41, 5.74) is 1.87. The predicted octanol–water partition coefficient (Wildman–Crippen LogP) is 4.69. The molecule has 115 valence electrons. The second-order valence-corrected chi connectivity index (χ2v) is 8.04. The maximum atomic E-state index is 12.8. The molecule has 0 bridgehead atoms. The largest absolute Gasteiger partial charge is 0.289 e. The van der Waals surface area contributed by atoms with Crippen molar-refractivity contribution in [3.63, 3.8) is 0 Å². The summed E-state index contributed by atoms with van der Waals surface area (Å²) in [6, 6.07) is 14.6. The minimum atomic E-state index is -1.73. The lowest BCUT2D eigenvalue weighted by molar-refractivity contribution is 0.103. The number of rotatable bonds is 5. The van der Waals surface area contributed by atoms with Gasteiger partial charge in [-0.1, -0.05) is 43.3 Å². The molecule has 0 spiro atoms. The Morgan fingerprint density at radius 2 is 1.55 bits per heavy atom. The Morgan fingerprint density at radius 3 is 2.14 bits per heavy atom. The van der Waals surface area contributed by atoms with Crippen molar-refractivity contribution in [1.82, 2.24) is 0 Å². The Bertz CT molecular complexity index is 710. The number of carbonyl (C=O) groups is 1. The molecule has 22 heavy (non-hydrogen) atoms. The highest BCUT2D eigenvalue weighted by Crippen LogP contribution is 2.33. The standard InChI is InChI=1S/C18H19ClO2P/c1-12-8-4-5-9-15(12)18(20)16-10-6-7-11-17(16)22(21)14(3)13(2)19/h4-11,13-14H,1-3H3. The molecule has 0 aliphatic rings. The van der Waals surface area contributed by atoms with E-state index in [-0.39, 0.29) is 16.8 Å². The van der Waals surface area contributed by atoms with Crippen molar-refractivity contribution in [3.05, 3.63) is 65.2 Å². The van der Waals surface area contributed by atoms with Crippen molar-refractivity contribution in [3.8, 4) is 0 Å². The van der Waals surface area contributed by atoms with Gasteiger partial charge in [0.05, 0.1) is 0 Å². The molecule has 0 saturated heterocycles. The monoisotopic (exact) mass is 333 g/mol. The van der Waals surface area contributed by atoms with E-state index in [1.807, 2.05) is 45.0 Å². The molecule has 2 rings (SSSR count). The first-order chi connectivity index (χ1) is 10.4. The molecule has 0 heterocycles. The maximum Gasteiger partial charge on any atom is 0.194 e. The molecule has 2 aromatic carbocycles. The zero-order chi connectivity index (χ0) is 16.3. The van der Waals surface area contributed by atoms with Crippen molar-refractivity contribution in [2.75, 3.05) is 0 Å². The number of carbonyl (C=O) groups excluding carboxylic acids is 1. The molecule has 3 unspecified atom stereocenters. The molecule has 0 aliphatic heterocycles. The quantitative estimate of drug-likeness (QED) is 0.452. The first kappa shape index (κ1) is 16.9. The van der Waals surface area contributed by atoms with Crippen LogP contribution in [0.1, 0.15) is 35.3 Å². The average molecular weight is 334 g/mol. The summed E-state index contributed by atoms with van der Waals surface area (Å²) >= 11 is 6.08. The number of benzene rings is 2. The van der Waals surface area contributed by atoms with Gasteiger partial charge in [0, 0.05) is 27.5 Å². The van der Waals surface area contributed by atoms with Crippen LogP contribution < -0.4 is 5.30 Å². The highest BCUT2D eigenvalue weighted by atomic mass is 35.5. The summed E-state index contributed by atoms with van der Waals surface area (Å²) in [7, 11) is -1.73. The molecule has 0 amide bonds. The van der Waals surface area contributed by atoms with E-state index in [4.69, 9.17) is 11.6 Å². The average Bonchev–Trinajstić information content (AvgIpc) is 2.53. The normalized spacial score (nSPS) is 14.3. The smallest absolute Gasteiger partial charge is 0.194 e. The van der Waals surface area contributed by atoms with E-state index >= 15 is 0 Å². The van der Waals surface area contributed by atoms with E-state index < -0.39 is 7.80 Å². The van der Waals surface area contributed by atoms with E-state index in [1.54, 1.807) is 24.3 Å². The molecule has 2 nitrogen and oxygen atoms in total. The number of hydrogen-bond donors (Lipinski definition) is 0. The van der Waals surface area contributed by atoms with Crippen LogP contribution in [0, 0.1) is 6.92 Å². The highest BCUT2D eigenvalue weighted by molar-refractivity contribution is 7.54. The Kier molecular flexibility index (Phi) is 5.50. The molecular weight excluding hydrogens is 315 g/mol. The minimum absolute atomic E-state index is 0.0912. The number of aryl methyl sites for hydroxylation is 1. The van der Waals surface area contributed by atoms with E-state index in [9.17, 15) is 9.36 Å². The molecule has 0 saturated carbocycles. The Morgan fingerprint density at radius 1 is 1.00 bits per heavy atom. The Hall–Kier alpha value is -1.50. The zero-order valence-electron chi connectivity index (χ0n) is 12.9. The van der Waals surface area contributed by atoms with E-state index in [1.165, 1.54) is 0 Å². The lowest BCUT2D eigenvalue weighted by atomic mass is 9.99. The summed E-state index contributed by atoms with van der Waals surface area (Å²) in [5.74, 6) is -0.0912. The summed E-state index contributed by atoms with van der Waals surface area (Å²) in [5, 5.41) is 0.371. The molecule has 0 aliphatic carbocycles. The maximum absolute atomic E-state index is 12.8. The van der Waals surface area contributed by atoms with Gasteiger partial charge in [-0.15, -0.1) is 11.6 Å². The summed E-state index contributed by atoms with van der Waals surface area (Å²) in [4.78, 5) is 12.8. The fourth-order valence-corrected chi connectivity index (χ4v) is 4.00. The van der Waals surface area contributed by atoms with Crippen molar-refractivity contribution in [2.45, 2.75) is 31.8 Å². The lowest BCUT2D eigenvalue weighted by Gasteiger charge is -2.15. The molecule has 0 aromatic heterocycles. The van der Waals surface area contributed by atoms with Crippen LogP contribution in [0.4, 0.5) is 0 Å². The van der Waals surface area contributed by atoms with Crippen molar-refractivity contribution in [1.29, 1.82) is 0 Å². The van der Waals surface area contributed by atoms with Crippen LogP contribution in [0.5, 0.6) is 0 Å². The third-order valence-electron chi connectivity index (χ3n) is 3.81. The van der Waals surface area contributed by atoms with E-state index in [0.29, 0.717) is 16.4 Å². The van der Waals surface area contributed by atoms with E-state index in [0.717, 1.165) is 5.56 Å². The summed E-state index contributed by atoms with van der Waals surface area (Å²) in [6.07, 6.45) is 0. The number of halogens is 1. The summed E-state index contributed by atoms with van der Waals surface area (Å²) < 4.78 is 12.7. The van der Waals surface area contributed by atoms with Gasteiger partial charge in [-0.25, -0.2) is 0 Å². The van der Waals surface area contributed by atoms with Gasteiger partial charge in [0.1, 0.15) is 7.80 Å². The van der Waals surface area contributed by atoms with Crippen LogP contribution in [0.15, 0.2) is 48.5 Å². The van der Waals surface area contributed by atoms with Crippen LogP contribution in [0.25, 0.3) is 0 Å². The van der Waals surface area contributed by atoms with Crippen LogP contribution in [-0.4, -0.2) is 16.8 Å². The fraction of sp³-hybridized carbons (Fsp3) is 0.278. The second kappa shape index (κ2) is 7.17. The van der Waals surface area contributed by atoms with Crippen molar-refractivity contribution >= 4 is 30.5 Å². The minimum Gasteiger partial charge on any atom is -0.289 e. The van der Waals surface area contributed by atoms with Gasteiger partial charge in [0.2, 0.25) is 0 Å². The van der Waals surface area contributed by atoms with Gasteiger partial charge in [0.15, 0.2) is 5.78 Å². The van der Waals surface area contributed by atoms with Gasteiger partial charge in [-0.05, 0) is 31.5 Å². The topological polar surface area (TPSA) is 34.1 Å². The molecule has 0 N–H and O–H groups in total. The van der Waals surface area contributed by atoms with Crippen LogP contribution in [-0.2, 0) is 4.57 Å². The molecular formula is C18H19ClO2P. The third-order valence-corrected chi connectivity index (χ3v) is 6.42. The second-order valence-electron chi connectivity index (χ2n) is 5.41. The predicted molar refractivity (Wildman–Crippen MR) is 93.1 cm³/mol. The highest BCUT2D eigenvalue weighted by Gasteiger charge is 2.24. The molecule has 0 fully saturated rings. The number of ketones is 1. The van der Waals surface area contributed by atoms with Crippen molar-refractivity contribution in [2.24, 2.45) is 0 Å². The third kappa shape index (κ3) is 3.45.